The van der Waals surface area contributed by atoms with Gasteiger partial charge in [0, 0.05) is 30.2 Å². The normalized spacial score (nSPS) is 20.0. The lowest BCUT2D eigenvalue weighted by Gasteiger charge is -2.41. The SMILES string of the molecule is C[C@H]1[C@@H](CSc2ncn[nH]2)O[C@@H](c2ccc(-c3cccc(CNC(=O)CCC(=O)O)c3)cc2)O[C@H]1c1ccc(CO)cc1. The van der Waals surface area contributed by atoms with E-state index in [0.717, 1.165) is 38.5 Å². The molecule has 4 atom stereocenters. The number of hydrogen-bond acceptors (Lipinski definition) is 8. The first-order chi connectivity index (χ1) is 20.9. The predicted octanol–water partition coefficient (Wildman–Crippen LogP) is 5.03. The van der Waals surface area contributed by atoms with Gasteiger partial charge >= 0.3 is 5.97 Å². The van der Waals surface area contributed by atoms with E-state index >= 15 is 0 Å². The molecule has 3 aromatic carbocycles. The number of ether oxygens (including phenoxy) is 2. The summed E-state index contributed by atoms with van der Waals surface area (Å²) in [5.41, 5.74) is 5.67. The number of aliphatic hydroxyl groups excluding tert-OH is 1. The van der Waals surface area contributed by atoms with E-state index in [4.69, 9.17) is 14.6 Å². The number of hydrogen-bond donors (Lipinski definition) is 4. The maximum Gasteiger partial charge on any atom is 0.303 e. The second-order valence-corrected chi connectivity index (χ2v) is 11.4. The molecule has 1 aromatic heterocycles. The summed E-state index contributed by atoms with van der Waals surface area (Å²) in [6, 6.07) is 23.7. The maximum absolute atomic E-state index is 11.9. The minimum absolute atomic E-state index is 0.0137. The third kappa shape index (κ3) is 8.08. The highest BCUT2D eigenvalue weighted by Gasteiger charge is 2.38. The summed E-state index contributed by atoms with van der Waals surface area (Å²) in [4.78, 5) is 26.9. The van der Waals surface area contributed by atoms with Crippen molar-refractivity contribution in [2.75, 3.05) is 5.75 Å². The van der Waals surface area contributed by atoms with Crippen molar-refractivity contribution in [1.29, 1.82) is 0 Å². The lowest BCUT2D eigenvalue weighted by Crippen LogP contribution is -2.38. The Balaban J connectivity index is 1.30. The predicted molar refractivity (Wildman–Crippen MR) is 161 cm³/mol. The van der Waals surface area contributed by atoms with Gasteiger partial charge in [-0.15, -0.1) is 0 Å². The highest BCUT2D eigenvalue weighted by atomic mass is 32.2. The van der Waals surface area contributed by atoms with Crippen molar-refractivity contribution in [3.63, 3.8) is 0 Å². The van der Waals surface area contributed by atoms with Crippen LogP contribution in [-0.4, -0.2) is 49.1 Å². The first kappa shape index (κ1) is 30.4. The molecular formula is C32H34N4O6S. The number of thioether (sulfide) groups is 1. The van der Waals surface area contributed by atoms with Gasteiger partial charge in [0.1, 0.15) is 6.33 Å². The second kappa shape index (κ2) is 14.4. The number of carbonyl (C=O) groups excluding carboxylic acids is 1. The fourth-order valence-electron chi connectivity index (χ4n) is 4.94. The van der Waals surface area contributed by atoms with Crippen LogP contribution in [0.5, 0.6) is 0 Å². The monoisotopic (exact) mass is 602 g/mol. The van der Waals surface area contributed by atoms with Gasteiger partial charge in [-0.3, -0.25) is 14.7 Å². The number of carboxylic acid groups (broad SMARTS) is 1. The number of aliphatic carboxylic acids is 1. The zero-order valence-electron chi connectivity index (χ0n) is 23.7. The third-order valence-electron chi connectivity index (χ3n) is 7.40. The number of aliphatic hydroxyl groups is 1. The van der Waals surface area contributed by atoms with Gasteiger partial charge in [-0.25, -0.2) is 4.98 Å². The van der Waals surface area contributed by atoms with Crippen LogP contribution in [0.1, 0.15) is 54.4 Å². The molecule has 1 aliphatic heterocycles. The Morgan fingerprint density at radius 2 is 1.72 bits per heavy atom. The molecule has 0 saturated carbocycles. The average Bonchev–Trinajstić information content (AvgIpc) is 3.56. The lowest BCUT2D eigenvalue weighted by molar-refractivity contribution is -0.268. The number of amides is 1. The summed E-state index contributed by atoms with van der Waals surface area (Å²) in [6.07, 6.45) is 0.326. The molecule has 0 aliphatic carbocycles. The standard InChI is InChI=1S/C32H34N4O6S/c1-20-27(18-43-32-34-19-35-36-32)41-31(42-30(20)24-7-5-21(17-37)6-8-24)25-11-9-23(10-12-25)26-4-2-3-22(15-26)16-33-28(38)13-14-29(39)40/h2-12,15,19-20,27,30-31,37H,13-14,16-18H2,1H3,(H,33,38)(H,39,40)(H,34,35,36)/t20-,27+,30+,31+/m0/s1. The Labute approximate surface area is 253 Å². The summed E-state index contributed by atoms with van der Waals surface area (Å²) in [7, 11) is 0. The topological polar surface area (TPSA) is 147 Å². The average molecular weight is 603 g/mol. The number of aromatic nitrogens is 3. The van der Waals surface area contributed by atoms with Crippen LogP contribution >= 0.6 is 11.8 Å². The van der Waals surface area contributed by atoms with Crippen LogP contribution in [0.25, 0.3) is 11.1 Å². The zero-order valence-corrected chi connectivity index (χ0v) is 24.5. The maximum atomic E-state index is 11.9. The zero-order chi connectivity index (χ0) is 30.2. The highest BCUT2D eigenvalue weighted by Crippen LogP contribution is 2.43. The van der Waals surface area contributed by atoms with Crippen molar-refractivity contribution in [2.45, 2.75) is 56.6 Å². The Kier molecular flexibility index (Phi) is 10.2. The van der Waals surface area contributed by atoms with Crippen molar-refractivity contribution >= 4 is 23.6 Å². The van der Waals surface area contributed by atoms with Gasteiger partial charge in [-0.1, -0.05) is 85.4 Å². The van der Waals surface area contributed by atoms with Gasteiger partial charge in [-0.05, 0) is 33.9 Å². The van der Waals surface area contributed by atoms with Gasteiger partial charge in [0.15, 0.2) is 11.4 Å². The summed E-state index contributed by atoms with van der Waals surface area (Å²) >= 11 is 1.55. The molecule has 0 bridgehead atoms. The summed E-state index contributed by atoms with van der Waals surface area (Å²) in [5, 5.41) is 28.6. The molecule has 11 heteroatoms. The van der Waals surface area contributed by atoms with Gasteiger partial charge in [0.2, 0.25) is 5.91 Å². The van der Waals surface area contributed by atoms with E-state index in [0.29, 0.717) is 12.3 Å². The number of nitrogens with one attached hydrogen (secondary N) is 2. The number of H-pyrrole nitrogens is 1. The second-order valence-electron chi connectivity index (χ2n) is 10.4. The highest BCUT2D eigenvalue weighted by molar-refractivity contribution is 7.99. The number of rotatable bonds is 12. The van der Waals surface area contributed by atoms with Gasteiger partial charge in [-0.2, -0.15) is 5.10 Å². The molecule has 4 aromatic rings. The number of benzene rings is 3. The quantitative estimate of drug-likeness (QED) is 0.164. The largest absolute Gasteiger partial charge is 0.481 e. The number of nitrogens with zero attached hydrogens (tertiary/aromatic N) is 2. The van der Waals surface area contributed by atoms with Crippen LogP contribution in [0.2, 0.25) is 0 Å². The van der Waals surface area contributed by atoms with E-state index in [2.05, 4.69) is 27.4 Å². The van der Waals surface area contributed by atoms with Crippen molar-refractivity contribution in [2.24, 2.45) is 5.92 Å². The van der Waals surface area contributed by atoms with Crippen molar-refractivity contribution in [1.82, 2.24) is 20.5 Å². The van der Waals surface area contributed by atoms with E-state index in [1.165, 1.54) is 6.33 Å². The molecule has 0 radical (unpaired) electrons. The van der Waals surface area contributed by atoms with Gasteiger partial charge in [0.05, 0.1) is 25.2 Å². The smallest absolute Gasteiger partial charge is 0.303 e. The molecule has 1 fully saturated rings. The van der Waals surface area contributed by atoms with Crippen LogP contribution in [0.4, 0.5) is 0 Å². The molecule has 0 spiro atoms. The van der Waals surface area contributed by atoms with Gasteiger partial charge in [0.25, 0.3) is 0 Å². The van der Waals surface area contributed by atoms with E-state index < -0.39 is 12.3 Å². The van der Waals surface area contributed by atoms with Crippen molar-refractivity contribution in [3.8, 4) is 11.1 Å². The third-order valence-corrected chi connectivity index (χ3v) is 8.36. The van der Waals surface area contributed by atoms with Crippen LogP contribution in [-0.2, 0) is 32.2 Å². The van der Waals surface area contributed by atoms with E-state index in [1.807, 2.05) is 72.8 Å². The molecule has 10 nitrogen and oxygen atoms in total. The van der Waals surface area contributed by atoms with Crippen LogP contribution in [0, 0.1) is 5.92 Å². The van der Waals surface area contributed by atoms with Crippen LogP contribution < -0.4 is 5.32 Å². The molecule has 0 unspecified atom stereocenters. The lowest BCUT2D eigenvalue weighted by atomic mass is 9.91. The molecule has 1 saturated heterocycles. The van der Waals surface area contributed by atoms with E-state index in [9.17, 15) is 14.7 Å². The molecule has 43 heavy (non-hydrogen) atoms. The minimum atomic E-state index is -0.993. The van der Waals surface area contributed by atoms with Crippen LogP contribution in [0.3, 0.4) is 0 Å². The number of carbonyl (C=O) groups is 2. The first-order valence-electron chi connectivity index (χ1n) is 14.1. The molecule has 1 aliphatic rings. The van der Waals surface area contributed by atoms with E-state index in [1.54, 1.807) is 11.8 Å². The number of aromatic amines is 1. The molecule has 4 N–H and O–H groups in total. The van der Waals surface area contributed by atoms with E-state index in [-0.39, 0.29) is 43.5 Å². The Hall–Kier alpha value is -4.03. The molecule has 5 rings (SSSR count). The Morgan fingerprint density at radius 3 is 2.42 bits per heavy atom. The summed E-state index contributed by atoms with van der Waals surface area (Å²) in [6.45, 7) is 2.43. The van der Waals surface area contributed by atoms with Gasteiger partial charge < -0.3 is 25.0 Å². The Bertz CT molecular complexity index is 1500. The summed E-state index contributed by atoms with van der Waals surface area (Å²) in [5.74, 6) is -0.566. The fraction of sp³-hybridized carbons (Fsp3) is 0.312. The fourth-order valence-corrected chi connectivity index (χ4v) is 5.88. The van der Waals surface area contributed by atoms with Crippen molar-refractivity contribution in [3.05, 3.63) is 101 Å². The first-order valence-corrected chi connectivity index (χ1v) is 15.0. The molecule has 224 valence electrons. The molecule has 2 heterocycles. The molecular weight excluding hydrogens is 568 g/mol. The van der Waals surface area contributed by atoms with Crippen molar-refractivity contribution < 1.29 is 29.3 Å². The number of carboxylic acids is 1. The summed E-state index contributed by atoms with van der Waals surface area (Å²) < 4.78 is 13.1. The molecule has 1 amide bonds. The Morgan fingerprint density at radius 1 is 0.953 bits per heavy atom. The van der Waals surface area contributed by atoms with Crippen LogP contribution in [0.15, 0.2) is 84.3 Å². The minimum Gasteiger partial charge on any atom is -0.481 e.